The maximum Gasteiger partial charge on any atom is 0.312 e. The summed E-state index contributed by atoms with van der Waals surface area (Å²) in [5.74, 6) is 2.45. The molecule has 0 saturated heterocycles. The fourth-order valence-corrected chi connectivity index (χ4v) is 11.4. The molecule has 208 valence electrons. The zero-order chi connectivity index (χ0) is 27.2. The Kier molecular flexibility index (Phi) is 6.33. The number of carbonyl (C=O) groups is 2. The van der Waals surface area contributed by atoms with Crippen molar-refractivity contribution in [3.05, 3.63) is 11.6 Å². The van der Waals surface area contributed by atoms with Gasteiger partial charge >= 0.3 is 11.9 Å². The number of ether oxygens (including phenoxy) is 2. The molecule has 0 aromatic carbocycles. The summed E-state index contributed by atoms with van der Waals surface area (Å²) in [6, 6.07) is 0. The number of rotatable bonds is 2. The summed E-state index contributed by atoms with van der Waals surface area (Å²) in [7, 11) is 1.59. The minimum atomic E-state index is -0.347. The third-order valence-electron chi connectivity index (χ3n) is 13.8. The lowest BCUT2D eigenvalue weighted by atomic mass is 9.33. The first-order valence-corrected chi connectivity index (χ1v) is 15.2. The molecular weight excluding hydrogens is 460 g/mol. The highest BCUT2D eigenvalue weighted by atomic mass is 16.5. The smallest absolute Gasteiger partial charge is 0.312 e. The van der Waals surface area contributed by atoms with E-state index in [0.29, 0.717) is 29.6 Å². The van der Waals surface area contributed by atoms with Crippen molar-refractivity contribution in [2.75, 3.05) is 7.11 Å². The Morgan fingerprint density at radius 1 is 0.892 bits per heavy atom. The van der Waals surface area contributed by atoms with E-state index in [2.05, 4.69) is 54.5 Å². The average molecular weight is 513 g/mol. The molecule has 4 nitrogen and oxygen atoms in total. The van der Waals surface area contributed by atoms with Gasteiger partial charge in [0.05, 0.1) is 12.5 Å². The molecule has 10 atom stereocenters. The van der Waals surface area contributed by atoms with Crippen LogP contribution < -0.4 is 0 Å². The van der Waals surface area contributed by atoms with Crippen LogP contribution in [0.25, 0.3) is 0 Å². The number of hydrogen-bond donors (Lipinski definition) is 0. The van der Waals surface area contributed by atoms with E-state index < -0.39 is 0 Å². The van der Waals surface area contributed by atoms with E-state index in [1.165, 1.54) is 12.8 Å². The molecule has 0 aromatic heterocycles. The Bertz CT molecular complexity index is 996. The highest BCUT2D eigenvalue weighted by molar-refractivity contribution is 5.78. The summed E-state index contributed by atoms with van der Waals surface area (Å²) >= 11 is 0. The number of hydrogen-bond acceptors (Lipinski definition) is 4. The van der Waals surface area contributed by atoms with Crippen LogP contribution in [0.1, 0.15) is 113 Å². The second-order valence-corrected chi connectivity index (χ2v) is 15.3. The predicted molar refractivity (Wildman–Crippen MR) is 147 cm³/mol. The van der Waals surface area contributed by atoms with Crippen LogP contribution in [0.3, 0.4) is 0 Å². The number of carbonyl (C=O) groups excluding carboxylic acids is 2. The SMILES string of the molecule is COC(=O)[C@]12CC[C@H](C)[C@H](C)[C@@H]1C1=CC[C@@H]3[C@]4(C)CC[C@H](OC(C)=O)C(C)(C)[C@@H]4CC[C@@]3(C)[C@@]1(C)CC2. The molecule has 0 amide bonds. The van der Waals surface area contributed by atoms with Gasteiger partial charge in [-0.05, 0) is 104 Å². The maximum atomic E-state index is 13.4. The van der Waals surface area contributed by atoms with Crippen LogP contribution >= 0.6 is 0 Å². The molecule has 5 rings (SSSR count). The first-order chi connectivity index (χ1) is 17.2. The van der Waals surface area contributed by atoms with Crippen molar-refractivity contribution >= 4 is 11.9 Å². The zero-order valence-electron chi connectivity index (χ0n) is 25.0. The van der Waals surface area contributed by atoms with E-state index in [4.69, 9.17) is 9.47 Å². The van der Waals surface area contributed by atoms with E-state index in [1.54, 1.807) is 19.6 Å². The van der Waals surface area contributed by atoms with Crippen LogP contribution in [-0.2, 0) is 19.1 Å². The van der Waals surface area contributed by atoms with Crippen LogP contribution in [0.5, 0.6) is 0 Å². The van der Waals surface area contributed by atoms with Gasteiger partial charge in [-0.15, -0.1) is 0 Å². The second kappa shape index (κ2) is 8.59. The summed E-state index contributed by atoms with van der Waals surface area (Å²) in [6.45, 7) is 18.8. The molecule has 0 radical (unpaired) electrons. The molecule has 0 aromatic rings. The first kappa shape index (κ1) is 27.3. The Labute approximate surface area is 225 Å². The zero-order valence-corrected chi connectivity index (χ0v) is 25.0. The molecule has 4 fully saturated rings. The predicted octanol–water partition coefficient (Wildman–Crippen LogP) is 7.75. The highest BCUT2D eigenvalue weighted by Crippen LogP contribution is 2.76. The van der Waals surface area contributed by atoms with Crippen molar-refractivity contribution in [2.45, 2.75) is 119 Å². The molecule has 0 unspecified atom stereocenters. The third-order valence-corrected chi connectivity index (χ3v) is 13.8. The number of fused-ring (bicyclic) bond motifs is 7. The van der Waals surface area contributed by atoms with Crippen LogP contribution in [0.2, 0.25) is 0 Å². The van der Waals surface area contributed by atoms with E-state index >= 15 is 0 Å². The molecule has 0 spiro atoms. The number of methoxy groups -OCH3 is 1. The molecular formula is C33H52O4. The lowest BCUT2D eigenvalue weighted by Crippen LogP contribution is -2.65. The minimum absolute atomic E-state index is 0.0117. The summed E-state index contributed by atoms with van der Waals surface area (Å²) in [5.41, 5.74) is 1.76. The van der Waals surface area contributed by atoms with Crippen molar-refractivity contribution in [3.63, 3.8) is 0 Å². The summed E-state index contributed by atoms with van der Waals surface area (Å²) in [6.07, 6.45) is 12.4. The average Bonchev–Trinajstić information content (AvgIpc) is 2.83. The minimum Gasteiger partial charge on any atom is -0.469 e. The van der Waals surface area contributed by atoms with Gasteiger partial charge in [0.15, 0.2) is 0 Å². The van der Waals surface area contributed by atoms with Crippen LogP contribution in [0.15, 0.2) is 11.6 Å². The molecule has 0 heterocycles. The Balaban J connectivity index is 1.57. The Morgan fingerprint density at radius 3 is 2.24 bits per heavy atom. The van der Waals surface area contributed by atoms with Crippen molar-refractivity contribution in [2.24, 2.45) is 56.7 Å². The van der Waals surface area contributed by atoms with Crippen molar-refractivity contribution in [1.29, 1.82) is 0 Å². The maximum absolute atomic E-state index is 13.4. The van der Waals surface area contributed by atoms with Gasteiger partial charge in [0, 0.05) is 12.3 Å². The normalized spacial score (nSPS) is 50.4. The molecule has 0 bridgehead atoms. The van der Waals surface area contributed by atoms with Gasteiger partial charge in [0.1, 0.15) is 6.10 Å². The van der Waals surface area contributed by atoms with Gasteiger partial charge in [0.2, 0.25) is 0 Å². The fourth-order valence-electron chi connectivity index (χ4n) is 11.4. The third kappa shape index (κ3) is 3.45. The first-order valence-electron chi connectivity index (χ1n) is 15.2. The molecule has 5 aliphatic carbocycles. The lowest BCUT2D eigenvalue weighted by molar-refractivity contribution is -0.214. The summed E-state index contributed by atoms with van der Waals surface area (Å²) < 4.78 is 11.4. The van der Waals surface area contributed by atoms with Crippen molar-refractivity contribution < 1.29 is 19.1 Å². The van der Waals surface area contributed by atoms with E-state index in [0.717, 1.165) is 44.9 Å². The molecule has 4 saturated carbocycles. The van der Waals surface area contributed by atoms with E-state index in [-0.39, 0.29) is 45.1 Å². The number of esters is 2. The van der Waals surface area contributed by atoms with Gasteiger partial charge in [-0.25, -0.2) is 0 Å². The second-order valence-electron chi connectivity index (χ2n) is 15.3. The molecule has 4 heteroatoms. The largest absolute Gasteiger partial charge is 0.469 e. The van der Waals surface area contributed by atoms with Crippen LogP contribution in [0, 0.1) is 56.7 Å². The van der Waals surface area contributed by atoms with E-state index in [9.17, 15) is 9.59 Å². The standard InChI is InChI=1S/C33H52O4/c1-20-12-17-33(28(35)36-9)19-18-31(7)23(27(33)21(20)2)10-11-25-30(6)15-14-26(37-22(3)34)29(4,5)24(30)13-16-32(25,31)8/h10,20-21,24-27H,11-19H2,1-9H3/t20-,21-,24-,25+,26-,27+,30+,31-,32+,33-/m0/s1. The Morgan fingerprint density at radius 2 is 1.59 bits per heavy atom. The van der Waals surface area contributed by atoms with Crippen molar-refractivity contribution in [1.82, 2.24) is 0 Å². The van der Waals surface area contributed by atoms with Gasteiger partial charge in [-0.1, -0.05) is 60.1 Å². The van der Waals surface area contributed by atoms with Gasteiger partial charge < -0.3 is 9.47 Å². The van der Waals surface area contributed by atoms with Crippen LogP contribution in [-0.4, -0.2) is 25.2 Å². The quantitative estimate of drug-likeness (QED) is 0.280. The molecule has 0 aliphatic heterocycles. The van der Waals surface area contributed by atoms with E-state index in [1.807, 2.05) is 0 Å². The molecule has 5 aliphatic rings. The van der Waals surface area contributed by atoms with Gasteiger partial charge in [0.25, 0.3) is 0 Å². The fraction of sp³-hybridized carbons (Fsp3) is 0.879. The van der Waals surface area contributed by atoms with Crippen LogP contribution in [0.4, 0.5) is 0 Å². The summed E-state index contributed by atoms with van der Waals surface area (Å²) in [5, 5.41) is 0. The monoisotopic (exact) mass is 512 g/mol. The van der Waals surface area contributed by atoms with Gasteiger partial charge in [-0.3, -0.25) is 9.59 Å². The summed E-state index contributed by atoms with van der Waals surface area (Å²) in [4.78, 5) is 25.4. The molecule has 0 N–H and O–H groups in total. The number of allylic oxidation sites excluding steroid dienone is 2. The van der Waals surface area contributed by atoms with Gasteiger partial charge in [-0.2, -0.15) is 0 Å². The van der Waals surface area contributed by atoms with Crippen molar-refractivity contribution in [3.8, 4) is 0 Å². The highest BCUT2D eigenvalue weighted by Gasteiger charge is 2.69. The lowest BCUT2D eigenvalue weighted by Gasteiger charge is -2.71. The topological polar surface area (TPSA) is 52.6 Å². The Hall–Kier alpha value is -1.32. The molecule has 37 heavy (non-hydrogen) atoms.